The van der Waals surface area contributed by atoms with Crippen molar-refractivity contribution in [2.75, 3.05) is 19.6 Å². The molecule has 2 heterocycles. The van der Waals surface area contributed by atoms with E-state index >= 15 is 0 Å². The van der Waals surface area contributed by atoms with Crippen molar-refractivity contribution in [1.29, 1.82) is 0 Å². The highest BCUT2D eigenvalue weighted by Gasteiger charge is 2.22. The predicted molar refractivity (Wildman–Crippen MR) is 52.9 cm³/mol. The van der Waals surface area contributed by atoms with Gasteiger partial charge >= 0.3 is 0 Å². The van der Waals surface area contributed by atoms with E-state index in [9.17, 15) is 0 Å². The van der Waals surface area contributed by atoms with E-state index in [0.717, 1.165) is 5.92 Å². The second kappa shape index (κ2) is 5.23. The summed E-state index contributed by atoms with van der Waals surface area (Å²) in [7, 11) is 0. The molecular formula is C8H17Cl2N. The maximum Gasteiger partial charge on any atom is 0.000967 e. The minimum Gasteiger partial charge on any atom is -0.303 e. The van der Waals surface area contributed by atoms with Gasteiger partial charge in [0.25, 0.3) is 0 Å². The van der Waals surface area contributed by atoms with Gasteiger partial charge in [-0.05, 0) is 44.7 Å². The Morgan fingerprint density at radius 1 is 0.909 bits per heavy atom. The van der Waals surface area contributed by atoms with E-state index in [4.69, 9.17) is 0 Å². The van der Waals surface area contributed by atoms with Crippen LogP contribution in [0.4, 0.5) is 0 Å². The fourth-order valence-corrected chi connectivity index (χ4v) is 2.19. The van der Waals surface area contributed by atoms with Gasteiger partial charge in [-0.2, -0.15) is 0 Å². The molecule has 0 radical (unpaired) electrons. The van der Waals surface area contributed by atoms with Crippen molar-refractivity contribution >= 4 is 24.8 Å². The number of nitrogens with zero attached hydrogens (tertiary/aromatic N) is 1. The molecule has 3 heteroatoms. The summed E-state index contributed by atoms with van der Waals surface area (Å²) in [4.78, 5) is 2.62. The summed E-state index contributed by atoms with van der Waals surface area (Å²) in [5.74, 6) is 1.08. The molecule has 1 nitrogen and oxygen atoms in total. The Morgan fingerprint density at radius 3 is 1.82 bits per heavy atom. The van der Waals surface area contributed by atoms with E-state index in [2.05, 4.69) is 4.90 Å². The Morgan fingerprint density at radius 2 is 1.45 bits per heavy atom. The summed E-state index contributed by atoms with van der Waals surface area (Å²) in [6.45, 7) is 4.19. The summed E-state index contributed by atoms with van der Waals surface area (Å²) in [6, 6.07) is 0. The number of hydrogen-bond acceptors (Lipinski definition) is 1. The van der Waals surface area contributed by atoms with Crippen molar-refractivity contribution in [3.05, 3.63) is 0 Å². The first-order chi connectivity index (χ1) is 4.45. The molecule has 0 aliphatic carbocycles. The molecule has 11 heavy (non-hydrogen) atoms. The zero-order chi connectivity index (χ0) is 6.10. The zero-order valence-electron chi connectivity index (χ0n) is 6.79. The molecule has 0 aromatic rings. The second-order valence-electron chi connectivity index (χ2n) is 3.45. The topological polar surface area (TPSA) is 3.24 Å². The quantitative estimate of drug-likeness (QED) is 0.577. The van der Waals surface area contributed by atoms with Gasteiger partial charge in [-0.25, -0.2) is 0 Å². The minimum absolute atomic E-state index is 0. The fraction of sp³-hybridized carbons (Fsp3) is 1.00. The highest BCUT2D eigenvalue weighted by atomic mass is 35.5. The van der Waals surface area contributed by atoms with E-state index in [1.807, 2.05) is 0 Å². The van der Waals surface area contributed by atoms with Crippen LogP contribution in [0.1, 0.15) is 25.7 Å². The maximum atomic E-state index is 2.62. The van der Waals surface area contributed by atoms with Crippen LogP contribution in [0, 0.1) is 5.92 Å². The molecule has 0 N–H and O–H groups in total. The van der Waals surface area contributed by atoms with Crippen molar-refractivity contribution in [3.8, 4) is 0 Å². The van der Waals surface area contributed by atoms with Gasteiger partial charge in [0.05, 0.1) is 0 Å². The number of rotatable bonds is 0. The summed E-state index contributed by atoms with van der Waals surface area (Å²) >= 11 is 0. The Labute approximate surface area is 81.3 Å². The summed E-state index contributed by atoms with van der Waals surface area (Å²) in [5, 5.41) is 0. The van der Waals surface area contributed by atoms with Gasteiger partial charge in [-0.1, -0.05) is 0 Å². The van der Waals surface area contributed by atoms with Crippen molar-refractivity contribution < 1.29 is 0 Å². The molecule has 0 aromatic heterocycles. The van der Waals surface area contributed by atoms with Crippen LogP contribution in [0.2, 0.25) is 0 Å². The van der Waals surface area contributed by atoms with Crippen molar-refractivity contribution in [2.24, 2.45) is 5.92 Å². The third-order valence-electron chi connectivity index (χ3n) is 2.69. The average Bonchev–Trinajstić information content (AvgIpc) is 1.88. The van der Waals surface area contributed by atoms with Gasteiger partial charge in [-0.15, -0.1) is 24.8 Å². The van der Waals surface area contributed by atoms with Crippen LogP contribution in [0.25, 0.3) is 0 Å². The van der Waals surface area contributed by atoms with Gasteiger partial charge in [-0.3, -0.25) is 0 Å². The molecule has 2 aliphatic rings. The van der Waals surface area contributed by atoms with Crippen LogP contribution >= 0.6 is 24.8 Å². The zero-order valence-corrected chi connectivity index (χ0v) is 8.42. The molecule has 68 valence electrons. The highest BCUT2D eigenvalue weighted by Crippen LogP contribution is 2.25. The monoisotopic (exact) mass is 197 g/mol. The van der Waals surface area contributed by atoms with Gasteiger partial charge < -0.3 is 4.90 Å². The first kappa shape index (κ1) is 11.5. The van der Waals surface area contributed by atoms with Gasteiger partial charge in [0, 0.05) is 6.54 Å². The molecule has 0 amide bonds. The summed E-state index contributed by atoms with van der Waals surface area (Å²) in [5.41, 5.74) is 0. The number of halogens is 2. The maximum absolute atomic E-state index is 2.62. The number of fused-ring (bicyclic) bond motifs is 2. The largest absolute Gasteiger partial charge is 0.303 e. The van der Waals surface area contributed by atoms with Gasteiger partial charge in [0.1, 0.15) is 0 Å². The normalized spacial score (nSPS) is 34.9. The second-order valence-corrected chi connectivity index (χ2v) is 3.45. The van der Waals surface area contributed by atoms with E-state index in [1.54, 1.807) is 0 Å². The molecule has 0 saturated carbocycles. The predicted octanol–water partition coefficient (Wildman–Crippen LogP) is 2.34. The van der Waals surface area contributed by atoms with Gasteiger partial charge in [0.15, 0.2) is 0 Å². The molecule has 2 saturated heterocycles. The van der Waals surface area contributed by atoms with E-state index in [-0.39, 0.29) is 24.8 Å². The molecule has 2 aliphatic heterocycles. The third kappa shape index (κ3) is 2.81. The van der Waals surface area contributed by atoms with Crippen molar-refractivity contribution in [3.63, 3.8) is 0 Å². The average molecular weight is 198 g/mol. The number of piperidine rings is 2. The van der Waals surface area contributed by atoms with Crippen LogP contribution < -0.4 is 0 Å². The SMILES string of the molecule is C1CC2CCCN(C1)C2.Cl.Cl. The third-order valence-corrected chi connectivity index (χ3v) is 2.69. The summed E-state index contributed by atoms with van der Waals surface area (Å²) < 4.78 is 0. The highest BCUT2D eigenvalue weighted by molar-refractivity contribution is 5.85. The molecule has 0 unspecified atom stereocenters. The van der Waals surface area contributed by atoms with Crippen LogP contribution in [0.5, 0.6) is 0 Å². The molecular weight excluding hydrogens is 181 g/mol. The Hall–Kier alpha value is 0.540. The first-order valence-corrected chi connectivity index (χ1v) is 4.17. The standard InChI is InChI=1S/C8H15N.2ClH/c1-3-8-4-2-6-9(5-1)7-8;;/h8H,1-7H2;2*1H. The molecule has 2 fully saturated rings. The van der Waals surface area contributed by atoms with Crippen LogP contribution in [-0.2, 0) is 0 Å². The lowest BCUT2D eigenvalue weighted by molar-refractivity contribution is 0.124. The van der Waals surface area contributed by atoms with Crippen LogP contribution in [0.15, 0.2) is 0 Å². The lowest BCUT2D eigenvalue weighted by Crippen LogP contribution is -2.39. The summed E-state index contributed by atoms with van der Waals surface area (Å²) in [6.07, 6.45) is 5.95. The Kier molecular flexibility index (Phi) is 5.49. The van der Waals surface area contributed by atoms with Gasteiger partial charge in [0.2, 0.25) is 0 Å². The Bertz CT molecular complexity index is 88.3. The minimum atomic E-state index is 0. The smallest absolute Gasteiger partial charge is 0.000967 e. The number of hydrogen-bond donors (Lipinski definition) is 0. The molecule has 0 spiro atoms. The van der Waals surface area contributed by atoms with Crippen molar-refractivity contribution in [2.45, 2.75) is 25.7 Å². The van der Waals surface area contributed by atoms with Crippen LogP contribution in [0.3, 0.4) is 0 Å². The lowest BCUT2D eigenvalue weighted by Gasteiger charge is -2.37. The lowest BCUT2D eigenvalue weighted by atomic mass is 9.90. The fourth-order valence-electron chi connectivity index (χ4n) is 2.19. The first-order valence-electron chi connectivity index (χ1n) is 4.17. The van der Waals surface area contributed by atoms with E-state index in [0.29, 0.717) is 0 Å². The van der Waals surface area contributed by atoms with Crippen LogP contribution in [-0.4, -0.2) is 24.5 Å². The molecule has 2 bridgehead atoms. The molecule has 0 atom stereocenters. The van der Waals surface area contributed by atoms with E-state index in [1.165, 1.54) is 45.3 Å². The van der Waals surface area contributed by atoms with E-state index < -0.39 is 0 Å². The van der Waals surface area contributed by atoms with Crippen molar-refractivity contribution in [1.82, 2.24) is 4.90 Å². The molecule has 0 aromatic carbocycles. The molecule has 2 rings (SSSR count). The Balaban J connectivity index is 0.000000500.